The SMILES string of the molecule is Cc1ccc(NC(=O)c2nnc(CSCC(=O)N(C)Cc3ccco3)s2)cc1. The molecule has 1 aromatic carbocycles. The maximum absolute atomic E-state index is 12.3. The number of aryl methyl sites for hydroxylation is 1. The molecule has 0 saturated carbocycles. The molecule has 0 aliphatic heterocycles. The lowest BCUT2D eigenvalue weighted by molar-refractivity contribution is -0.127. The molecule has 9 heteroatoms. The first-order valence-corrected chi connectivity index (χ1v) is 10.5. The smallest absolute Gasteiger partial charge is 0.286 e. The van der Waals surface area contributed by atoms with Crippen molar-refractivity contribution in [3.8, 4) is 0 Å². The summed E-state index contributed by atoms with van der Waals surface area (Å²) in [6.07, 6.45) is 1.59. The normalized spacial score (nSPS) is 10.6. The van der Waals surface area contributed by atoms with Gasteiger partial charge in [0.1, 0.15) is 10.8 Å². The third kappa shape index (κ3) is 5.67. The summed E-state index contributed by atoms with van der Waals surface area (Å²) in [5, 5.41) is 11.8. The van der Waals surface area contributed by atoms with Gasteiger partial charge in [-0.1, -0.05) is 29.0 Å². The van der Waals surface area contributed by atoms with E-state index in [4.69, 9.17) is 4.42 Å². The van der Waals surface area contributed by atoms with E-state index in [2.05, 4.69) is 15.5 Å². The van der Waals surface area contributed by atoms with Crippen molar-refractivity contribution in [3.63, 3.8) is 0 Å². The Kier molecular flexibility index (Phi) is 6.83. The molecule has 3 rings (SSSR count). The quantitative estimate of drug-likeness (QED) is 0.604. The number of carbonyl (C=O) groups excluding carboxylic acids is 2. The highest BCUT2D eigenvalue weighted by atomic mass is 32.2. The van der Waals surface area contributed by atoms with Gasteiger partial charge in [-0.2, -0.15) is 0 Å². The summed E-state index contributed by atoms with van der Waals surface area (Å²) in [5.41, 5.74) is 1.84. The zero-order valence-electron chi connectivity index (χ0n) is 15.5. The number of hydrogen-bond donors (Lipinski definition) is 1. The minimum Gasteiger partial charge on any atom is -0.467 e. The van der Waals surface area contributed by atoms with Crippen molar-refractivity contribution in [2.45, 2.75) is 19.2 Å². The molecule has 7 nitrogen and oxygen atoms in total. The second kappa shape index (κ2) is 9.52. The standard InChI is InChI=1S/C19H20N4O3S2/c1-13-5-7-14(8-6-13)20-18(25)19-22-21-16(28-19)11-27-12-17(24)23(2)10-15-4-3-9-26-15/h3-9H,10-12H2,1-2H3,(H,20,25). The zero-order valence-corrected chi connectivity index (χ0v) is 17.2. The number of furan rings is 1. The topological polar surface area (TPSA) is 88.3 Å². The second-order valence-corrected chi connectivity index (χ2v) is 8.19. The summed E-state index contributed by atoms with van der Waals surface area (Å²) in [7, 11) is 1.74. The van der Waals surface area contributed by atoms with Crippen LogP contribution in [-0.4, -0.2) is 39.7 Å². The molecule has 2 amide bonds. The van der Waals surface area contributed by atoms with E-state index in [0.29, 0.717) is 33.8 Å². The molecule has 146 valence electrons. The fourth-order valence-electron chi connectivity index (χ4n) is 2.29. The lowest BCUT2D eigenvalue weighted by atomic mass is 10.2. The number of nitrogens with zero attached hydrogens (tertiary/aromatic N) is 3. The van der Waals surface area contributed by atoms with Gasteiger partial charge in [0.05, 0.1) is 18.6 Å². The second-order valence-electron chi connectivity index (χ2n) is 6.14. The highest BCUT2D eigenvalue weighted by Gasteiger charge is 2.15. The van der Waals surface area contributed by atoms with Gasteiger partial charge in [-0.15, -0.1) is 22.0 Å². The predicted octanol–water partition coefficient (Wildman–Crippen LogP) is 3.58. The summed E-state index contributed by atoms with van der Waals surface area (Å²) in [6, 6.07) is 11.2. The Hall–Kier alpha value is -2.65. The van der Waals surface area contributed by atoms with Crippen LogP contribution >= 0.6 is 23.1 Å². The molecular weight excluding hydrogens is 396 g/mol. The van der Waals surface area contributed by atoms with Crippen LogP contribution in [0.5, 0.6) is 0 Å². The summed E-state index contributed by atoms with van der Waals surface area (Å²) in [5.74, 6) is 1.31. The Balaban J connectivity index is 1.44. The maximum Gasteiger partial charge on any atom is 0.286 e. The summed E-state index contributed by atoms with van der Waals surface area (Å²) >= 11 is 2.67. The van der Waals surface area contributed by atoms with E-state index in [1.807, 2.05) is 37.3 Å². The van der Waals surface area contributed by atoms with Crippen LogP contribution in [0.4, 0.5) is 5.69 Å². The molecule has 2 aromatic heterocycles. The van der Waals surface area contributed by atoms with E-state index in [0.717, 1.165) is 11.3 Å². The molecule has 0 radical (unpaired) electrons. The summed E-state index contributed by atoms with van der Waals surface area (Å²) in [4.78, 5) is 26.0. The monoisotopic (exact) mass is 416 g/mol. The Labute approximate surface area is 171 Å². The average Bonchev–Trinajstić information content (AvgIpc) is 3.35. The van der Waals surface area contributed by atoms with Gasteiger partial charge in [0.25, 0.3) is 5.91 Å². The van der Waals surface area contributed by atoms with Gasteiger partial charge in [0, 0.05) is 18.5 Å². The fourth-order valence-corrected chi connectivity index (χ4v) is 4.03. The number of anilines is 1. The van der Waals surface area contributed by atoms with Gasteiger partial charge in [0.2, 0.25) is 10.9 Å². The van der Waals surface area contributed by atoms with Crippen LogP contribution in [0.25, 0.3) is 0 Å². The zero-order chi connectivity index (χ0) is 19.9. The summed E-state index contributed by atoms with van der Waals surface area (Å²) in [6.45, 7) is 2.42. The van der Waals surface area contributed by atoms with Gasteiger partial charge in [0.15, 0.2) is 0 Å². The minimum atomic E-state index is -0.285. The van der Waals surface area contributed by atoms with Crippen LogP contribution in [0.15, 0.2) is 47.1 Å². The number of nitrogens with one attached hydrogen (secondary N) is 1. The van der Waals surface area contributed by atoms with Crippen molar-refractivity contribution in [3.05, 3.63) is 64.0 Å². The van der Waals surface area contributed by atoms with Crippen LogP contribution in [0.3, 0.4) is 0 Å². The number of hydrogen-bond acceptors (Lipinski definition) is 7. The van der Waals surface area contributed by atoms with E-state index < -0.39 is 0 Å². The Morgan fingerprint density at radius 2 is 2.00 bits per heavy atom. The molecule has 2 heterocycles. The van der Waals surface area contributed by atoms with Gasteiger partial charge in [-0.05, 0) is 31.2 Å². The molecule has 0 atom stereocenters. The number of aromatic nitrogens is 2. The van der Waals surface area contributed by atoms with E-state index in [1.54, 1.807) is 24.3 Å². The average molecular weight is 417 g/mol. The molecule has 0 saturated heterocycles. The summed E-state index contributed by atoms with van der Waals surface area (Å²) < 4.78 is 5.25. The number of rotatable bonds is 8. The van der Waals surface area contributed by atoms with Crippen molar-refractivity contribution >= 4 is 40.6 Å². The Morgan fingerprint density at radius 1 is 1.21 bits per heavy atom. The van der Waals surface area contributed by atoms with Crippen molar-refractivity contribution in [2.75, 3.05) is 18.1 Å². The van der Waals surface area contributed by atoms with Crippen molar-refractivity contribution < 1.29 is 14.0 Å². The van der Waals surface area contributed by atoms with E-state index in [9.17, 15) is 9.59 Å². The molecule has 0 unspecified atom stereocenters. The molecule has 0 fully saturated rings. The molecular formula is C19H20N4O3S2. The predicted molar refractivity (Wildman–Crippen MR) is 110 cm³/mol. The molecule has 0 bridgehead atoms. The molecule has 28 heavy (non-hydrogen) atoms. The van der Waals surface area contributed by atoms with E-state index in [1.165, 1.54) is 23.1 Å². The van der Waals surface area contributed by atoms with Gasteiger partial charge in [-0.25, -0.2) is 0 Å². The minimum absolute atomic E-state index is 0.00301. The lowest BCUT2D eigenvalue weighted by Gasteiger charge is -2.15. The van der Waals surface area contributed by atoms with E-state index >= 15 is 0 Å². The van der Waals surface area contributed by atoms with Gasteiger partial charge >= 0.3 is 0 Å². The van der Waals surface area contributed by atoms with Gasteiger partial charge in [-0.3, -0.25) is 9.59 Å². The van der Waals surface area contributed by atoms with Crippen LogP contribution in [0.1, 0.15) is 26.1 Å². The molecule has 1 N–H and O–H groups in total. The van der Waals surface area contributed by atoms with Crippen molar-refractivity contribution in [1.82, 2.24) is 15.1 Å². The van der Waals surface area contributed by atoms with Crippen LogP contribution < -0.4 is 5.32 Å². The Morgan fingerprint density at radius 3 is 2.71 bits per heavy atom. The molecule has 0 aliphatic rings. The third-order valence-electron chi connectivity index (χ3n) is 3.82. The highest BCUT2D eigenvalue weighted by Crippen LogP contribution is 2.19. The number of amides is 2. The van der Waals surface area contributed by atoms with Gasteiger partial charge < -0.3 is 14.6 Å². The largest absolute Gasteiger partial charge is 0.467 e. The van der Waals surface area contributed by atoms with Crippen LogP contribution in [-0.2, 0) is 17.1 Å². The first-order chi connectivity index (χ1) is 13.5. The highest BCUT2D eigenvalue weighted by molar-refractivity contribution is 7.99. The fraction of sp³-hybridized carbons (Fsp3) is 0.263. The first kappa shape index (κ1) is 20.1. The molecule has 3 aromatic rings. The van der Waals surface area contributed by atoms with Crippen molar-refractivity contribution in [1.29, 1.82) is 0 Å². The number of carbonyl (C=O) groups is 2. The lowest BCUT2D eigenvalue weighted by Crippen LogP contribution is -2.27. The van der Waals surface area contributed by atoms with Crippen LogP contribution in [0, 0.1) is 6.92 Å². The van der Waals surface area contributed by atoms with Crippen molar-refractivity contribution in [2.24, 2.45) is 0 Å². The molecule has 0 spiro atoms. The first-order valence-electron chi connectivity index (χ1n) is 8.56. The Bertz CT molecular complexity index is 923. The van der Waals surface area contributed by atoms with E-state index in [-0.39, 0.29) is 11.8 Å². The number of thioether (sulfide) groups is 1. The third-order valence-corrected chi connectivity index (χ3v) is 5.85. The van der Waals surface area contributed by atoms with Crippen LogP contribution in [0.2, 0.25) is 0 Å². The maximum atomic E-state index is 12.3. The number of benzene rings is 1. The molecule has 0 aliphatic carbocycles.